The van der Waals surface area contributed by atoms with Crippen LogP contribution in [0.5, 0.6) is 0 Å². The van der Waals surface area contributed by atoms with Crippen molar-refractivity contribution in [2.75, 3.05) is 6.54 Å². The fourth-order valence-electron chi connectivity index (χ4n) is 2.86. The molecule has 1 saturated carbocycles. The molecule has 1 nitrogen and oxygen atoms in total. The van der Waals surface area contributed by atoms with E-state index in [1.54, 1.807) is 0 Å². The molecular weight excluding hydrogens is 258 g/mol. The molecule has 1 aromatic rings. The molecule has 0 amide bonds. The first-order valence-corrected chi connectivity index (χ1v) is 6.53. The lowest BCUT2D eigenvalue weighted by Crippen LogP contribution is -2.31. The molecule has 5 heteroatoms. The second kappa shape index (κ2) is 5.49. The van der Waals surface area contributed by atoms with Crippen LogP contribution in [0.2, 0.25) is 0 Å². The predicted octanol–water partition coefficient (Wildman–Crippen LogP) is 4.09. The first-order valence-electron chi connectivity index (χ1n) is 6.53. The van der Waals surface area contributed by atoms with E-state index in [1.165, 1.54) is 6.07 Å². The zero-order valence-corrected chi connectivity index (χ0v) is 10.7. The maximum Gasteiger partial charge on any atom is 0.419 e. The molecule has 1 aromatic carbocycles. The zero-order chi connectivity index (χ0) is 14.0. The Labute approximate surface area is 110 Å². The van der Waals surface area contributed by atoms with E-state index < -0.39 is 17.6 Å². The van der Waals surface area contributed by atoms with Crippen molar-refractivity contribution in [2.24, 2.45) is 0 Å². The van der Waals surface area contributed by atoms with Crippen molar-refractivity contribution in [1.82, 2.24) is 5.32 Å². The van der Waals surface area contributed by atoms with Gasteiger partial charge < -0.3 is 5.32 Å². The molecule has 2 atom stereocenters. The highest BCUT2D eigenvalue weighted by atomic mass is 19.4. The van der Waals surface area contributed by atoms with Gasteiger partial charge >= 0.3 is 6.18 Å². The number of hydrogen-bond acceptors (Lipinski definition) is 1. The van der Waals surface area contributed by atoms with Gasteiger partial charge in [-0.1, -0.05) is 19.4 Å². The van der Waals surface area contributed by atoms with Crippen molar-refractivity contribution in [3.05, 3.63) is 35.1 Å². The molecular formula is C14H17F4N. The monoisotopic (exact) mass is 275 g/mol. The number of alkyl halides is 3. The summed E-state index contributed by atoms with van der Waals surface area (Å²) in [5.41, 5.74) is -0.579. The Hall–Kier alpha value is -1.10. The first-order chi connectivity index (χ1) is 8.93. The largest absolute Gasteiger partial charge is 0.419 e. The zero-order valence-electron chi connectivity index (χ0n) is 10.7. The van der Waals surface area contributed by atoms with Gasteiger partial charge in [0.1, 0.15) is 5.82 Å². The summed E-state index contributed by atoms with van der Waals surface area (Å²) < 4.78 is 51.4. The van der Waals surface area contributed by atoms with Crippen LogP contribution in [0.25, 0.3) is 0 Å². The Morgan fingerprint density at radius 2 is 2.00 bits per heavy atom. The molecule has 106 valence electrons. The van der Waals surface area contributed by atoms with E-state index in [4.69, 9.17) is 0 Å². The van der Waals surface area contributed by atoms with E-state index in [-0.39, 0.29) is 12.0 Å². The summed E-state index contributed by atoms with van der Waals surface area (Å²) in [6, 6.07) is 3.57. The molecule has 0 heterocycles. The van der Waals surface area contributed by atoms with Crippen molar-refractivity contribution in [3.8, 4) is 0 Å². The quantitative estimate of drug-likeness (QED) is 0.819. The average molecular weight is 275 g/mol. The van der Waals surface area contributed by atoms with Crippen molar-refractivity contribution in [2.45, 2.75) is 44.3 Å². The highest BCUT2D eigenvalue weighted by Crippen LogP contribution is 2.38. The standard InChI is InChI=1S/C14H17F4N/c1-2-19-13-5-3-4-10(13)9-6-7-12(15)11(8-9)14(16,17)18/h6-8,10,13,19H,2-5H2,1H3. The highest BCUT2D eigenvalue weighted by Gasteiger charge is 2.36. The summed E-state index contributed by atoms with van der Waals surface area (Å²) in [4.78, 5) is 0. The van der Waals surface area contributed by atoms with E-state index in [0.29, 0.717) is 5.56 Å². The summed E-state index contributed by atoms with van der Waals surface area (Å²) in [5, 5.41) is 3.29. The predicted molar refractivity (Wildman–Crippen MR) is 65.5 cm³/mol. The van der Waals surface area contributed by atoms with Gasteiger partial charge in [-0.25, -0.2) is 4.39 Å². The molecule has 0 aliphatic heterocycles. The minimum absolute atomic E-state index is 0.0432. The Kier molecular flexibility index (Phi) is 4.13. The molecule has 0 bridgehead atoms. The Morgan fingerprint density at radius 3 is 2.63 bits per heavy atom. The Bertz CT molecular complexity index is 442. The molecule has 1 aliphatic carbocycles. The van der Waals surface area contributed by atoms with Crippen LogP contribution in [-0.4, -0.2) is 12.6 Å². The molecule has 19 heavy (non-hydrogen) atoms. The lowest BCUT2D eigenvalue weighted by Gasteiger charge is -2.22. The van der Waals surface area contributed by atoms with Gasteiger partial charge in [0.05, 0.1) is 5.56 Å². The third-order valence-electron chi connectivity index (χ3n) is 3.71. The van der Waals surface area contributed by atoms with Crippen molar-refractivity contribution in [1.29, 1.82) is 0 Å². The maximum absolute atomic E-state index is 13.3. The molecule has 2 unspecified atom stereocenters. The van der Waals surface area contributed by atoms with Crippen LogP contribution in [0.1, 0.15) is 43.2 Å². The van der Waals surface area contributed by atoms with Gasteiger partial charge in [0.15, 0.2) is 0 Å². The van der Waals surface area contributed by atoms with E-state index in [9.17, 15) is 17.6 Å². The Balaban J connectivity index is 2.30. The number of benzene rings is 1. The lowest BCUT2D eigenvalue weighted by molar-refractivity contribution is -0.140. The van der Waals surface area contributed by atoms with Gasteiger partial charge in [0, 0.05) is 6.04 Å². The molecule has 1 fully saturated rings. The number of halogens is 4. The maximum atomic E-state index is 13.3. The third kappa shape index (κ3) is 3.08. The number of nitrogens with one attached hydrogen (secondary N) is 1. The second-order valence-corrected chi connectivity index (χ2v) is 4.94. The van der Waals surface area contributed by atoms with E-state index in [2.05, 4.69) is 5.32 Å². The molecule has 0 saturated heterocycles. The molecule has 1 N–H and O–H groups in total. The fraction of sp³-hybridized carbons (Fsp3) is 0.571. The third-order valence-corrected chi connectivity index (χ3v) is 3.71. The summed E-state index contributed by atoms with van der Waals surface area (Å²) in [7, 11) is 0. The lowest BCUT2D eigenvalue weighted by atomic mass is 9.92. The summed E-state index contributed by atoms with van der Waals surface area (Å²) in [6.07, 6.45) is -1.84. The van der Waals surface area contributed by atoms with Crippen LogP contribution in [0.15, 0.2) is 18.2 Å². The smallest absolute Gasteiger partial charge is 0.314 e. The first kappa shape index (κ1) is 14.3. The molecule has 0 radical (unpaired) electrons. The van der Waals surface area contributed by atoms with Crippen LogP contribution < -0.4 is 5.32 Å². The molecule has 0 spiro atoms. The summed E-state index contributed by atoms with van der Waals surface area (Å²) in [6.45, 7) is 2.76. The van der Waals surface area contributed by atoms with Crippen LogP contribution in [0.4, 0.5) is 17.6 Å². The van der Waals surface area contributed by atoms with E-state index >= 15 is 0 Å². The Morgan fingerprint density at radius 1 is 1.26 bits per heavy atom. The average Bonchev–Trinajstić information content (AvgIpc) is 2.77. The van der Waals surface area contributed by atoms with Crippen molar-refractivity contribution >= 4 is 0 Å². The van der Waals surface area contributed by atoms with Gasteiger partial charge in [0.25, 0.3) is 0 Å². The number of likely N-dealkylation sites (N-methyl/N-ethyl adjacent to an activating group) is 1. The summed E-state index contributed by atoms with van der Waals surface area (Å²) >= 11 is 0. The van der Waals surface area contributed by atoms with Gasteiger partial charge in [-0.05, 0) is 43.0 Å². The SMILES string of the molecule is CCNC1CCCC1c1ccc(F)c(C(F)(F)F)c1. The number of hydrogen-bond donors (Lipinski definition) is 1. The minimum Gasteiger partial charge on any atom is -0.314 e. The van der Waals surface area contributed by atoms with E-state index in [1.807, 2.05) is 6.92 Å². The fourth-order valence-corrected chi connectivity index (χ4v) is 2.86. The van der Waals surface area contributed by atoms with E-state index in [0.717, 1.165) is 37.9 Å². The van der Waals surface area contributed by atoms with Crippen LogP contribution in [-0.2, 0) is 6.18 Å². The summed E-state index contributed by atoms with van der Waals surface area (Å²) in [5.74, 6) is -1.16. The highest BCUT2D eigenvalue weighted by molar-refractivity contribution is 5.31. The van der Waals surface area contributed by atoms with Crippen LogP contribution in [0, 0.1) is 5.82 Å². The second-order valence-electron chi connectivity index (χ2n) is 4.94. The van der Waals surface area contributed by atoms with Crippen LogP contribution >= 0.6 is 0 Å². The van der Waals surface area contributed by atoms with Crippen molar-refractivity contribution in [3.63, 3.8) is 0 Å². The molecule has 2 rings (SSSR count). The van der Waals surface area contributed by atoms with Gasteiger partial charge in [-0.3, -0.25) is 0 Å². The normalized spacial score (nSPS) is 23.8. The van der Waals surface area contributed by atoms with Gasteiger partial charge in [-0.15, -0.1) is 0 Å². The number of rotatable bonds is 3. The molecule has 1 aliphatic rings. The topological polar surface area (TPSA) is 12.0 Å². The van der Waals surface area contributed by atoms with Crippen LogP contribution in [0.3, 0.4) is 0 Å². The minimum atomic E-state index is -4.63. The van der Waals surface area contributed by atoms with Crippen molar-refractivity contribution < 1.29 is 17.6 Å². The van der Waals surface area contributed by atoms with Gasteiger partial charge in [0.2, 0.25) is 0 Å². The van der Waals surface area contributed by atoms with Gasteiger partial charge in [-0.2, -0.15) is 13.2 Å². The molecule has 0 aromatic heterocycles.